The first-order valence-electron chi connectivity index (χ1n) is 7.25. The third-order valence-electron chi connectivity index (χ3n) is 3.10. The smallest absolute Gasteiger partial charge is 0.227 e. The van der Waals surface area contributed by atoms with Crippen LogP contribution in [0.2, 0.25) is 0 Å². The number of carbonyl (C=O) groups excluding carboxylic acids is 2. The van der Waals surface area contributed by atoms with Gasteiger partial charge in [0.25, 0.3) is 0 Å². The van der Waals surface area contributed by atoms with E-state index in [-0.39, 0.29) is 18.1 Å². The molecular weight excluding hydrogens is 294 g/mol. The molecule has 0 aromatic heterocycles. The van der Waals surface area contributed by atoms with Crippen LogP contribution in [-0.2, 0) is 10.5 Å². The summed E-state index contributed by atoms with van der Waals surface area (Å²) < 4.78 is 0. The molecular formula is C18H19NO2S. The molecule has 114 valence electrons. The van der Waals surface area contributed by atoms with Crippen molar-refractivity contribution in [1.82, 2.24) is 5.32 Å². The summed E-state index contributed by atoms with van der Waals surface area (Å²) in [6.07, 6.45) is -0.0966. The fourth-order valence-electron chi connectivity index (χ4n) is 2.01. The molecule has 2 aromatic carbocycles. The zero-order chi connectivity index (χ0) is 15.8. The highest BCUT2D eigenvalue weighted by Crippen LogP contribution is 2.23. The van der Waals surface area contributed by atoms with Crippen LogP contribution in [0, 0.1) is 0 Å². The molecule has 2 aromatic rings. The molecule has 22 heavy (non-hydrogen) atoms. The van der Waals surface area contributed by atoms with E-state index in [1.165, 1.54) is 5.56 Å². The number of thioether (sulfide) groups is 1. The first-order chi connectivity index (χ1) is 10.7. The molecule has 0 aliphatic rings. The number of Topliss-reactive ketones (excluding diaryl/α,β-unsaturated/α-hetero) is 1. The van der Waals surface area contributed by atoms with E-state index in [2.05, 4.69) is 17.4 Å². The maximum absolute atomic E-state index is 12.1. The van der Waals surface area contributed by atoms with Crippen LogP contribution in [-0.4, -0.2) is 18.2 Å². The maximum Gasteiger partial charge on any atom is 0.227 e. The number of rotatable bonds is 7. The predicted octanol–water partition coefficient (Wildman–Crippen LogP) is 3.69. The summed E-state index contributed by atoms with van der Waals surface area (Å²) in [5.41, 5.74) is 1.83. The van der Waals surface area contributed by atoms with Gasteiger partial charge in [-0.2, -0.15) is 0 Å². The molecule has 0 bridgehead atoms. The van der Waals surface area contributed by atoms with Gasteiger partial charge in [0.05, 0.1) is 6.42 Å². The normalized spacial score (nSPS) is 10.2. The summed E-state index contributed by atoms with van der Waals surface area (Å²) in [6, 6.07) is 17.6. The van der Waals surface area contributed by atoms with Crippen molar-refractivity contribution in [2.24, 2.45) is 0 Å². The molecule has 0 saturated carbocycles. The maximum atomic E-state index is 12.1. The van der Waals surface area contributed by atoms with E-state index in [0.717, 1.165) is 10.6 Å². The standard InChI is InChI=1S/C18H19NO2S/c1-2-19-18(21)12-17(20)15-9-6-10-16(11-15)22-13-14-7-4-3-5-8-14/h3-11H,2,12-13H2,1H3,(H,19,21). The second kappa shape index (κ2) is 8.39. The first-order valence-corrected chi connectivity index (χ1v) is 8.24. The van der Waals surface area contributed by atoms with Gasteiger partial charge < -0.3 is 5.32 Å². The number of ketones is 1. The van der Waals surface area contributed by atoms with Gasteiger partial charge in [-0.1, -0.05) is 42.5 Å². The number of carbonyl (C=O) groups is 2. The van der Waals surface area contributed by atoms with E-state index in [1.807, 2.05) is 43.3 Å². The molecule has 0 unspecified atom stereocenters. The number of hydrogen-bond donors (Lipinski definition) is 1. The minimum atomic E-state index is -0.227. The summed E-state index contributed by atoms with van der Waals surface area (Å²) in [7, 11) is 0. The molecule has 0 heterocycles. The van der Waals surface area contributed by atoms with E-state index in [1.54, 1.807) is 17.8 Å². The zero-order valence-corrected chi connectivity index (χ0v) is 13.4. The van der Waals surface area contributed by atoms with E-state index in [4.69, 9.17) is 0 Å². The van der Waals surface area contributed by atoms with Crippen LogP contribution >= 0.6 is 11.8 Å². The van der Waals surface area contributed by atoms with Gasteiger partial charge in [0.2, 0.25) is 5.91 Å². The van der Waals surface area contributed by atoms with Crippen LogP contribution < -0.4 is 5.32 Å². The van der Waals surface area contributed by atoms with Gasteiger partial charge in [-0.05, 0) is 24.6 Å². The molecule has 2 rings (SSSR count). The van der Waals surface area contributed by atoms with Gasteiger partial charge >= 0.3 is 0 Å². The Morgan fingerprint density at radius 3 is 2.55 bits per heavy atom. The summed E-state index contributed by atoms with van der Waals surface area (Å²) >= 11 is 1.68. The molecule has 0 atom stereocenters. The summed E-state index contributed by atoms with van der Waals surface area (Å²) in [5.74, 6) is 0.484. The Balaban J connectivity index is 1.97. The van der Waals surface area contributed by atoms with Crippen molar-refractivity contribution in [3.05, 3.63) is 65.7 Å². The third-order valence-corrected chi connectivity index (χ3v) is 4.16. The molecule has 3 nitrogen and oxygen atoms in total. The molecule has 1 amide bonds. The van der Waals surface area contributed by atoms with Crippen molar-refractivity contribution in [3.63, 3.8) is 0 Å². The van der Waals surface area contributed by atoms with E-state index < -0.39 is 0 Å². The molecule has 0 saturated heterocycles. The summed E-state index contributed by atoms with van der Waals surface area (Å²) in [6.45, 7) is 2.38. The molecule has 0 aliphatic carbocycles. The number of hydrogen-bond acceptors (Lipinski definition) is 3. The Morgan fingerprint density at radius 2 is 1.82 bits per heavy atom. The minimum Gasteiger partial charge on any atom is -0.356 e. The monoisotopic (exact) mass is 313 g/mol. The van der Waals surface area contributed by atoms with Crippen molar-refractivity contribution in [2.75, 3.05) is 6.54 Å². The van der Waals surface area contributed by atoms with Crippen LogP contribution in [0.4, 0.5) is 0 Å². The molecule has 0 radical (unpaired) electrons. The van der Waals surface area contributed by atoms with Crippen molar-refractivity contribution in [1.29, 1.82) is 0 Å². The lowest BCUT2D eigenvalue weighted by Gasteiger charge is -2.05. The number of benzene rings is 2. The lowest BCUT2D eigenvalue weighted by Crippen LogP contribution is -2.25. The van der Waals surface area contributed by atoms with Crippen molar-refractivity contribution < 1.29 is 9.59 Å². The predicted molar refractivity (Wildman–Crippen MR) is 90.1 cm³/mol. The quantitative estimate of drug-likeness (QED) is 0.482. The fraction of sp³-hybridized carbons (Fsp3) is 0.222. The third kappa shape index (κ3) is 5.04. The highest BCUT2D eigenvalue weighted by molar-refractivity contribution is 7.98. The average molecular weight is 313 g/mol. The summed E-state index contributed by atoms with van der Waals surface area (Å²) in [5, 5.41) is 2.64. The average Bonchev–Trinajstić information content (AvgIpc) is 2.54. The Bertz CT molecular complexity index is 641. The SMILES string of the molecule is CCNC(=O)CC(=O)c1cccc(SCc2ccccc2)c1. The lowest BCUT2D eigenvalue weighted by molar-refractivity contribution is -0.120. The van der Waals surface area contributed by atoms with Crippen molar-refractivity contribution in [2.45, 2.75) is 24.0 Å². The van der Waals surface area contributed by atoms with Gasteiger partial charge in [0, 0.05) is 22.8 Å². The number of nitrogens with one attached hydrogen (secondary N) is 1. The second-order valence-corrected chi connectivity index (χ2v) is 5.90. The van der Waals surface area contributed by atoms with E-state index in [9.17, 15) is 9.59 Å². The highest BCUT2D eigenvalue weighted by atomic mass is 32.2. The van der Waals surface area contributed by atoms with E-state index in [0.29, 0.717) is 12.1 Å². The van der Waals surface area contributed by atoms with Crippen LogP contribution in [0.15, 0.2) is 59.5 Å². The Labute approximate surface area is 135 Å². The Hall–Kier alpha value is -2.07. The second-order valence-electron chi connectivity index (χ2n) is 4.86. The summed E-state index contributed by atoms with van der Waals surface area (Å²) in [4.78, 5) is 24.6. The van der Waals surface area contributed by atoms with Crippen molar-refractivity contribution in [3.8, 4) is 0 Å². The Kier molecular flexibility index (Phi) is 6.22. The highest BCUT2D eigenvalue weighted by Gasteiger charge is 2.11. The first kappa shape index (κ1) is 16.3. The molecule has 1 N–H and O–H groups in total. The topological polar surface area (TPSA) is 46.2 Å². The molecule has 0 fully saturated rings. The van der Waals surface area contributed by atoms with Crippen LogP contribution in [0.5, 0.6) is 0 Å². The Morgan fingerprint density at radius 1 is 1.05 bits per heavy atom. The van der Waals surface area contributed by atoms with Gasteiger partial charge in [0.1, 0.15) is 0 Å². The minimum absolute atomic E-state index is 0.0966. The number of amides is 1. The van der Waals surface area contributed by atoms with Gasteiger partial charge in [-0.15, -0.1) is 11.8 Å². The van der Waals surface area contributed by atoms with Crippen molar-refractivity contribution >= 4 is 23.5 Å². The van der Waals surface area contributed by atoms with Gasteiger partial charge in [-0.25, -0.2) is 0 Å². The molecule has 0 spiro atoms. The van der Waals surface area contributed by atoms with Crippen LogP contribution in [0.1, 0.15) is 29.3 Å². The van der Waals surface area contributed by atoms with Crippen LogP contribution in [0.25, 0.3) is 0 Å². The zero-order valence-electron chi connectivity index (χ0n) is 12.5. The lowest BCUT2D eigenvalue weighted by atomic mass is 10.1. The van der Waals surface area contributed by atoms with Crippen LogP contribution in [0.3, 0.4) is 0 Å². The van der Waals surface area contributed by atoms with E-state index >= 15 is 0 Å². The largest absolute Gasteiger partial charge is 0.356 e. The van der Waals surface area contributed by atoms with Gasteiger partial charge in [0.15, 0.2) is 5.78 Å². The fourth-order valence-corrected chi connectivity index (χ4v) is 2.92. The van der Waals surface area contributed by atoms with Gasteiger partial charge in [-0.3, -0.25) is 9.59 Å². The molecule has 4 heteroatoms. The molecule has 0 aliphatic heterocycles.